The lowest BCUT2D eigenvalue weighted by Gasteiger charge is -2.29. The number of nitrogens with two attached hydrogens (primary N) is 1. The molecule has 0 bridgehead atoms. The van der Waals surface area contributed by atoms with Crippen LogP contribution in [0.3, 0.4) is 0 Å². The Kier molecular flexibility index (Phi) is 4.62. The lowest BCUT2D eigenvalue weighted by atomic mass is 10.1. The summed E-state index contributed by atoms with van der Waals surface area (Å²) in [7, 11) is 4.00. The Morgan fingerprint density at radius 1 is 1.53 bits per heavy atom. The molecule has 6 heteroatoms. The van der Waals surface area contributed by atoms with E-state index in [2.05, 4.69) is 23.1 Å². The first-order valence-electron chi connectivity index (χ1n) is 6.16. The summed E-state index contributed by atoms with van der Waals surface area (Å²) < 4.78 is 2.61. The highest BCUT2D eigenvalue weighted by Gasteiger charge is 2.23. The van der Waals surface area contributed by atoms with Crippen molar-refractivity contribution in [1.29, 1.82) is 0 Å². The van der Waals surface area contributed by atoms with Gasteiger partial charge in [-0.15, -0.1) is 11.3 Å². The van der Waals surface area contributed by atoms with Crippen LogP contribution in [0.25, 0.3) is 0 Å². The van der Waals surface area contributed by atoms with Gasteiger partial charge in [0.25, 0.3) is 0 Å². The molecule has 0 saturated heterocycles. The molecule has 0 aromatic carbocycles. The number of hydrogen-bond acceptors (Lipinski definition) is 4. The van der Waals surface area contributed by atoms with E-state index in [-0.39, 0.29) is 12.1 Å². The van der Waals surface area contributed by atoms with Crippen LogP contribution in [-0.4, -0.2) is 27.8 Å². The Labute approximate surface area is 122 Å². The maximum Gasteiger partial charge on any atom is 0.0931 e. The smallest absolute Gasteiger partial charge is 0.0931 e. The van der Waals surface area contributed by atoms with E-state index < -0.39 is 0 Å². The Hall–Kier alpha value is -0.880. The van der Waals surface area contributed by atoms with E-state index >= 15 is 0 Å². The fourth-order valence-corrected chi connectivity index (χ4v) is 3.65. The van der Waals surface area contributed by atoms with Crippen LogP contribution in [0.5, 0.6) is 0 Å². The predicted octanol–water partition coefficient (Wildman–Crippen LogP) is 2.66. The maximum absolute atomic E-state index is 6.14. The SMILES string of the molecule is CC(N)C(c1ccc(Cl)s1)N(C)Cc1cnn(C)c1. The van der Waals surface area contributed by atoms with Gasteiger partial charge in [0, 0.05) is 36.3 Å². The third-order valence-corrected chi connectivity index (χ3v) is 4.35. The van der Waals surface area contributed by atoms with Gasteiger partial charge in [-0.25, -0.2) is 0 Å². The average Bonchev–Trinajstić information content (AvgIpc) is 2.88. The highest BCUT2D eigenvalue weighted by molar-refractivity contribution is 7.16. The molecule has 2 aromatic heterocycles. The molecule has 2 N–H and O–H groups in total. The minimum absolute atomic E-state index is 0.0383. The average molecular weight is 299 g/mol. The zero-order chi connectivity index (χ0) is 14.0. The molecular weight excluding hydrogens is 280 g/mol. The molecule has 2 heterocycles. The van der Waals surface area contributed by atoms with Gasteiger partial charge >= 0.3 is 0 Å². The van der Waals surface area contributed by atoms with E-state index in [0.717, 1.165) is 10.9 Å². The van der Waals surface area contributed by atoms with Crippen LogP contribution in [0, 0.1) is 0 Å². The number of thiophene rings is 1. The highest BCUT2D eigenvalue weighted by Crippen LogP contribution is 2.32. The fraction of sp³-hybridized carbons (Fsp3) is 0.462. The minimum Gasteiger partial charge on any atom is -0.326 e. The van der Waals surface area contributed by atoms with Gasteiger partial charge in [-0.3, -0.25) is 9.58 Å². The second kappa shape index (κ2) is 6.05. The molecule has 104 valence electrons. The van der Waals surface area contributed by atoms with Crippen molar-refractivity contribution in [3.63, 3.8) is 0 Å². The summed E-state index contributed by atoms with van der Waals surface area (Å²) in [6, 6.07) is 4.18. The first kappa shape index (κ1) is 14.5. The highest BCUT2D eigenvalue weighted by atomic mass is 35.5. The first-order chi connectivity index (χ1) is 8.97. The first-order valence-corrected chi connectivity index (χ1v) is 7.35. The van der Waals surface area contributed by atoms with Crippen LogP contribution < -0.4 is 5.73 Å². The van der Waals surface area contributed by atoms with Crippen LogP contribution in [0.4, 0.5) is 0 Å². The van der Waals surface area contributed by atoms with Gasteiger partial charge in [-0.05, 0) is 26.1 Å². The number of halogens is 1. The summed E-state index contributed by atoms with van der Waals surface area (Å²) in [6.45, 7) is 2.84. The van der Waals surface area contributed by atoms with Crippen molar-refractivity contribution in [1.82, 2.24) is 14.7 Å². The van der Waals surface area contributed by atoms with Crippen LogP contribution in [0.1, 0.15) is 23.4 Å². The van der Waals surface area contributed by atoms with Crippen LogP contribution in [0.15, 0.2) is 24.5 Å². The zero-order valence-electron chi connectivity index (χ0n) is 11.4. The van der Waals surface area contributed by atoms with E-state index in [1.165, 1.54) is 10.4 Å². The normalized spacial score (nSPS) is 14.8. The predicted molar refractivity (Wildman–Crippen MR) is 80.4 cm³/mol. The topological polar surface area (TPSA) is 47.1 Å². The van der Waals surface area contributed by atoms with Gasteiger partial charge in [0.15, 0.2) is 0 Å². The molecule has 0 aliphatic rings. The lowest BCUT2D eigenvalue weighted by Crippen LogP contribution is -2.36. The number of aromatic nitrogens is 2. The Balaban J connectivity index is 2.15. The summed E-state index contributed by atoms with van der Waals surface area (Å²) in [6.07, 6.45) is 3.91. The van der Waals surface area contributed by atoms with E-state index in [1.54, 1.807) is 11.3 Å². The summed E-state index contributed by atoms with van der Waals surface area (Å²) in [5, 5.41) is 4.19. The van der Waals surface area contributed by atoms with Crippen molar-refractivity contribution in [2.75, 3.05) is 7.05 Å². The molecule has 2 aromatic rings. The quantitative estimate of drug-likeness (QED) is 0.923. The number of hydrogen-bond donors (Lipinski definition) is 1. The number of rotatable bonds is 5. The molecule has 2 rings (SSSR count). The monoisotopic (exact) mass is 298 g/mol. The van der Waals surface area contributed by atoms with Gasteiger partial charge in [0.05, 0.1) is 16.6 Å². The van der Waals surface area contributed by atoms with Crippen LogP contribution in [-0.2, 0) is 13.6 Å². The van der Waals surface area contributed by atoms with Gasteiger partial charge in [0.1, 0.15) is 0 Å². The maximum atomic E-state index is 6.14. The van der Waals surface area contributed by atoms with E-state index in [4.69, 9.17) is 17.3 Å². The summed E-state index contributed by atoms with van der Waals surface area (Å²) in [5.74, 6) is 0. The molecule has 0 fully saturated rings. The molecule has 0 aliphatic heterocycles. The largest absolute Gasteiger partial charge is 0.326 e. The van der Waals surface area contributed by atoms with Crippen molar-refractivity contribution in [3.8, 4) is 0 Å². The number of nitrogens with zero attached hydrogens (tertiary/aromatic N) is 3. The summed E-state index contributed by atoms with van der Waals surface area (Å²) >= 11 is 7.61. The molecule has 0 amide bonds. The summed E-state index contributed by atoms with van der Waals surface area (Å²) in [5.41, 5.74) is 7.32. The van der Waals surface area contributed by atoms with Gasteiger partial charge in [-0.1, -0.05) is 11.6 Å². The Morgan fingerprint density at radius 3 is 2.74 bits per heavy atom. The van der Waals surface area contributed by atoms with Crippen molar-refractivity contribution in [2.45, 2.75) is 25.6 Å². The second-order valence-corrected chi connectivity index (χ2v) is 6.63. The molecule has 4 nitrogen and oxygen atoms in total. The van der Waals surface area contributed by atoms with Crippen LogP contribution in [0.2, 0.25) is 4.34 Å². The molecule has 2 atom stereocenters. The molecule has 0 spiro atoms. The zero-order valence-corrected chi connectivity index (χ0v) is 12.9. The third kappa shape index (κ3) is 3.57. The van der Waals surface area contributed by atoms with Gasteiger partial charge in [0.2, 0.25) is 0 Å². The minimum atomic E-state index is 0.0383. The molecule has 19 heavy (non-hydrogen) atoms. The van der Waals surface area contributed by atoms with Crippen molar-refractivity contribution < 1.29 is 0 Å². The fourth-order valence-electron chi connectivity index (χ4n) is 2.30. The second-order valence-electron chi connectivity index (χ2n) is 4.88. The lowest BCUT2D eigenvalue weighted by molar-refractivity contribution is 0.214. The number of aryl methyl sites for hydroxylation is 1. The van der Waals surface area contributed by atoms with E-state index in [1.807, 2.05) is 37.1 Å². The van der Waals surface area contributed by atoms with Crippen molar-refractivity contribution >= 4 is 22.9 Å². The Bertz CT molecular complexity index is 534. The summed E-state index contributed by atoms with van der Waals surface area (Å²) in [4.78, 5) is 3.44. The number of likely N-dealkylation sites (N-methyl/N-ethyl adjacent to an activating group) is 1. The van der Waals surface area contributed by atoms with Gasteiger partial charge in [-0.2, -0.15) is 5.10 Å². The van der Waals surface area contributed by atoms with E-state index in [9.17, 15) is 0 Å². The van der Waals surface area contributed by atoms with Gasteiger partial charge < -0.3 is 5.73 Å². The molecule has 2 unspecified atom stereocenters. The molecule has 0 radical (unpaired) electrons. The van der Waals surface area contributed by atoms with E-state index in [0.29, 0.717) is 0 Å². The third-order valence-electron chi connectivity index (χ3n) is 3.05. The molecular formula is C13H19ClN4S. The Morgan fingerprint density at radius 2 is 2.26 bits per heavy atom. The van der Waals surface area contributed by atoms with Crippen molar-refractivity contribution in [3.05, 3.63) is 39.3 Å². The van der Waals surface area contributed by atoms with Crippen LogP contribution >= 0.6 is 22.9 Å². The molecule has 0 aliphatic carbocycles. The van der Waals surface area contributed by atoms with Crippen molar-refractivity contribution in [2.24, 2.45) is 12.8 Å². The molecule has 0 saturated carbocycles. The standard InChI is InChI=1S/C13H19ClN4S/c1-9(15)13(11-4-5-12(14)19-11)17(2)7-10-6-16-18(3)8-10/h4-6,8-9,13H,7,15H2,1-3H3.